The van der Waals surface area contributed by atoms with E-state index in [-0.39, 0.29) is 0 Å². The molecule has 1 heterocycles. The van der Waals surface area contributed by atoms with Crippen LogP contribution in [0.4, 0.5) is 0 Å². The summed E-state index contributed by atoms with van der Waals surface area (Å²) >= 11 is 0. The first-order chi connectivity index (χ1) is 8.63. The van der Waals surface area contributed by atoms with Crippen molar-refractivity contribution >= 4 is 5.97 Å². The second-order valence-corrected chi connectivity index (χ2v) is 3.75. The third-order valence-corrected chi connectivity index (χ3v) is 2.25. The van der Waals surface area contributed by atoms with Crippen LogP contribution in [0, 0.1) is 0 Å². The third kappa shape index (κ3) is 5.11. The summed E-state index contributed by atoms with van der Waals surface area (Å²) in [6, 6.07) is 3.50. The lowest BCUT2D eigenvalue weighted by molar-refractivity contribution is -0.144. The summed E-state index contributed by atoms with van der Waals surface area (Å²) in [5.41, 5.74) is 0.862. The van der Waals surface area contributed by atoms with Gasteiger partial charge in [-0.05, 0) is 19.1 Å². The van der Waals surface area contributed by atoms with Crippen molar-refractivity contribution in [3.8, 4) is 5.75 Å². The molecule has 0 saturated carbocycles. The van der Waals surface area contributed by atoms with Gasteiger partial charge in [0, 0.05) is 20.2 Å². The number of rotatable bonds is 8. The van der Waals surface area contributed by atoms with E-state index in [2.05, 4.69) is 10.3 Å². The van der Waals surface area contributed by atoms with E-state index in [0.29, 0.717) is 18.9 Å². The van der Waals surface area contributed by atoms with Gasteiger partial charge in [0.2, 0.25) is 0 Å². The van der Waals surface area contributed by atoms with Crippen LogP contribution in [0.1, 0.15) is 12.6 Å². The molecule has 0 aliphatic carbocycles. The maximum Gasteiger partial charge on any atom is 0.344 e. The number of nitrogens with zero attached hydrogens (tertiary/aromatic N) is 1. The lowest BCUT2D eigenvalue weighted by atomic mass is 10.3. The molecule has 6 nitrogen and oxygen atoms in total. The predicted molar refractivity (Wildman–Crippen MR) is 65.5 cm³/mol. The Morgan fingerprint density at radius 1 is 1.56 bits per heavy atom. The van der Waals surface area contributed by atoms with Crippen LogP contribution >= 0.6 is 0 Å². The minimum atomic E-state index is -1.000. The first kappa shape index (κ1) is 14.4. The Morgan fingerprint density at radius 3 is 2.89 bits per heavy atom. The van der Waals surface area contributed by atoms with Crippen LogP contribution < -0.4 is 10.1 Å². The van der Waals surface area contributed by atoms with E-state index in [1.54, 1.807) is 19.2 Å². The van der Waals surface area contributed by atoms with E-state index < -0.39 is 12.1 Å². The summed E-state index contributed by atoms with van der Waals surface area (Å²) in [5, 5.41) is 11.9. The molecule has 1 aromatic rings. The number of hydrogen-bond donors (Lipinski definition) is 2. The van der Waals surface area contributed by atoms with E-state index in [0.717, 1.165) is 12.2 Å². The van der Waals surface area contributed by atoms with Crippen molar-refractivity contribution in [1.29, 1.82) is 0 Å². The monoisotopic (exact) mass is 254 g/mol. The lowest BCUT2D eigenvalue weighted by Gasteiger charge is -2.10. The van der Waals surface area contributed by atoms with Gasteiger partial charge in [0.1, 0.15) is 5.75 Å². The number of methoxy groups -OCH3 is 1. The van der Waals surface area contributed by atoms with Crippen molar-refractivity contribution in [2.75, 3.05) is 20.3 Å². The average Bonchev–Trinajstić information content (AvgIpc) is 2.36. The van der Waals surface area contributed by atoms with Crippen LogP contribution in [0.2, 0.25) is 0 Å². The zero-order chi connectivity index (χ0) is 13.4. The van der Waals surface area contributed by atoms with Gasteiger partial charge >= 0.3 is 5.97 Å². The van der Waals surface area contributed by atoms with Gasteiger partial charge in [0.25, 0.3) is 0 Å². The minimum Gasteiger partial charge on any atom is -0.479 e. The summed E-state index contributed by atoms with van der Waals surface area (Å²) in [6.45, 7) is 3.52. The van der Waals surface area contributed by atoms with Crippen LogP contribution in [-0.4, -0.2) is 42.4 Å². The van der Waals surface area contributed by atoms with E-state index >= 15 is 0 Å². The van der Waals surface area contributed by atoms with Gasteiger partial charge < -0.3 is 19.9 Å². The molecule has 2 N–H and O–H groups in total. The third-order valence-electron chi connectivity index (χ3n) is 2.25. The quantitative estimate of drug-likeness (QED) is 0.664. The molecule has 18 heavy (non-hydrogen) atoms. The molecule has 0 aromatic carbocycles. The minimum absolute atomic E-state index is 0.450. The number of carboxylic acids is 1. The fourth-order valence-corrected chi connectivity index (χ4v) is 1.23. The number of hydrogen-bond acceptors (Lipinski definition) is 5. The Kier molecular flexibility index (Phi) is 6.10. The Morgan fingerprint density at radius 2 is 2.33 bits per heavy atom. The molecule has 0 fully saturated rings. The molecule has 0 aliphatic rings. The van der Waals surface area contributed by atoms with Gasteiger partial charge in [-0.15, -0.1) is 0 Å². The highest BCUT2D eigenvalue weighted by atomic mass is 16.5. The topological polar surface area (TPSA) is 80.7 Å². The standard InChI is InChI=1S/C12H18N2O4/c1-9(12(15)16)18-11-4-3-10(14-8-11)7-13-5-6-17-2/h3-4,8-9,13H,5-7H2,1-2H3,(H,15,16). The summed E-state index contributed by atoms with van der Waals surface area (Å²) in [4.78, 5) is 14.8. The molecular formula is C12H18N2O4. The van der Waals surface area contributed by atoms with Crippen molar-refractivity contribution in [3.63, 3.8) is 0 Å². The van der Waals surface area contributed by atoms with E-state index in [1.165, 1.54) is 13.1 Å². The smallest absolute Gasteiger partial charge is 0.344 e. The summed E-state index contributed by atoms with van der Waals surface area (Å²) in [6.07, 6.45) is 0.643. The van der Waals surface area contributed by atoms with Crippen molar-refractivity contribution < 1.29 is 19.4 Å². The van der Waals surface area contributed by atoms with Crippen LogP contribution in [0.3, 0.4) is 0 Å². The van der Waals surface area contributed by atoms with Crippen molar-refractivity contribution in [1.82, 2.24) is 10.3 Å². The number of nitrogens with one attached hydrogen (secondary N) is 1. The Hall–Kier alpha value is -1.66. The zero-order valence-electron chi connectivity index (χ0n) is 10.5. The van der Waals surface area contributed by atoms with Gasteiger partial charge in [0.15, 0.2) is 6.10 Å². The van der Waals surface area contributed by atoms with Crippen LogP contribution in [0.15, 0.2) is 18.3 Å². The number of aliphatic carboxylic acids is 1. The normalized spacial score (nSPS) is 12.1. The number of ether oxygens (including phenoxy) is 2. The van der Waals surface area contributed by atoms with Crippen molar-refractivity contribution in [3.05, 3.63) is 24.0 Å². The summed E-state index contributed by atoms with van der Waals surface area (Å²) < 4.78 is 10.1. The van der Waals surface area contributed by atoms with Crippen LogP contribution in [0.5, 0.6) is 5.75 Å². The van der Waals surface area contributed by atoms with E-state index in [9.17, 15) is 4.79 Å². The fourth-order valence-electron chi connectivity index (χ4n) is 1.23. The Bertz CT molecular complexity index is 367. The zero-order valence-corrected chi connectivity index (χ0v) is 10.5. The predicted octanol–water partition coefficient (Wildman–Crippen LogP) is 0.669. The van der Waals surface area contributed by atoms with Gasteiger partial charge in [-0.25, -0.2) is 4.79 Å². The molecule has 1 aromatic heterocycles. The molecule has 1 rings (SSSR count). The second kappa shape index (κ2) is 7.62. The Labute approximate surface area is 106 Å². The molecule has 6 heteroatoms. The lowest BCUT2D eigenvalue weighted by Crippen LogP contribution is -2.23. The highest BCUT2D eigenvalue weighted by Crippen LogP contribution is 2.11. The molecule has 0 amide bonds. The average molecular weight is 254 g/mol. The fraction of sp³-hybridized carbons (Fsp3) is 0.500. The summed E-state index contributed by atoms with van der Waals surface area (Å²) in [7, 11) is 1.65. The number of carbonyl (C=O) groups is 1. The summed E-state index contributed by atoms with van der Waals surface area (Å²) in [5.74, 6) is -0.550. The number of pyridine rings is 1. The molecule has 0 bridgehead atoms. The molecule has 1 atom stereocenters. The highest BCUT2D eigenvalue weighted by molar-refractivity contribution is 5.72. The van der Waals surface area contributed by atoms with Crippen LogP contribution in [-0.2, 0) is 16.1 Å². The van der Waals surface area contributed by atoms with E-state index in [4.69, 9.17) is 14.6 Å². The second-order valence-electron chi connectivity index (χ2n) is 3.75. The molecular weight excluding hydrogens is 236 g/mol. The van der Waals surface area contributed by atoms with Crippen molar-refractivity contribution in [2.45, 2.75) is 19.6 Å². The van der Waals surface area contributed by atoms with Gasteiger partial charge in [0.05, 0.1) is 18.5 Å². The van der Waals surface area contributed by atoms with Crippen LogP contribution in [0.25, 0.3) is 0 Å². The first-order valence-electron chi connectivity index (χ1n) is 5.67. The maximum absolute atomic E-state index is 10.6. The van der Waals surface area contributed by atoms with Gasteiger partial charge in [-0.1, -0.05) is 0 Å². The molecule has 1 unspecified atom stereocenters. The molecule has 100 valence electrons. The number of carboxylic acid groups (broad SMARTS) is 1. The van der Waals surface area contributed by atoms with Crippen molar-refractivity contribution in [2.24, 2.45) is 0 Å². The molecule has 0 aliphatic heterocycles. The molecule has 0 radical (unpaired) electrons. The number of aromatic nitrogens is 1. The Balaban J connectivity index is 2.40. The van der Waals surface area contributed by atoms with Gasteiger partial charge in [-0.2, -0.15) is 0 Å². The maximum atomic E-state index is 10.6. The van der Waals surface area contributed by atoms with E-state index in [1.807, 2.05) is 0 Å². The highest BCUT2D eigenvalue weighted by Gasteiger charge is 2.12. The molecule has 0 spiro atoms. The SMILES string of the molecule is COCCNCc1ccc(OC(C)C(=O)O)cn1. The van der Waals surface area contributed by atoms with Gasteiger partial charge in [-0.3, -0.25) is 4.98 Å². The largest absolute Gasteiger partial charge is 0.479 e. The first-order valence-corrected chi connectivity index (χ1v) is 5.67. The molecule has 0 saturated heterocycles.